The highest BCUT2D eigenvalue weighted by atomic mass is 32.2. The van der Waals surface area contributed by atoms with Crippen molar-refractivity contribution in [2.75, 3.05) is 20.2 Å². The maximum Gasteiger partial charge on any atom is 0.240 e. The fourth-order valence-corrected chi connectivity index (χ4v) is 3.25. The van der Waals surface area contributed by atoms with Crippen molar-refractivity contribution in [2.45, 2.75) is 30.4 Å². The number of rotatable bonds is 6. The summed E-state index contributed by atoms with van der Waals surface area (Å²) in [5, 5.41) is 2.81. The molecular formula is C13H19FN2O3S. The van der Waals surface area contributed by atoms with Crippen LogP contribution in [0.2, 0.25) is 0 Å². The number of sulfonamides is 1. The van der Waals surface area contributed by atoms with E-state index in [0.717, 1.165) is 12.8 Å². The molecule has 0 amide bonds. The molecule has 7 heteroatoms. The summed E-state index contributed by atoms with van der Waals surface area (Å²) in [6, 6.07) is 3.79. The Morgan fingerprint density at radius 1 is 1.45 bits per heavy atom. The molecule has 112 valence electrons. The maximum absolute atomic E-state index is 13.5. The first-order valence-electron chi connectivity index (χ1n) is 6.57. The molecular weight excluding hydrogens is 283 g/mol. The highest BCUT2D eigenvalue weighted by Gasteiger charge is 2.21. The molecule has 0 bridgehead atoms. The molecule has 1 aromatic carbocycles. The maximum atomic E-state index is 13.5. The van der Waals surface area contributed by atoms with E-state index in [-0.39, 0.29) is 24.1 Å². The summed E-state index contributed by atoms with van der Waals surface area (Å²) in [5.41, 5.74) is 0.326. The van der Waals surface area contributed by atoms with Crippen molar-refractivity contribution < 1.29 is 17.5 Å². The van der Waals surface area contributed by atoms with Crippen LogP contribution in [-0.4, -0.2) is 34.7 Å². The summed E-state index contributed by atoms with van der Waals surface area (Å²) in [6.07, 6.45) is 1.74. The van der Waals surface area contributed by atoms with Crippen LogP contribution in [0.15, 0.2) is 23.1 Å². The van der Waals surface area contributed by atoms with Crippen LogP contribution in [0.4, 0.5) is 4.39 Å². The van der Waals surface area contributed by atoms with Gasteiger partial charge >= 0.3 is 0 Å². The Bertz CT molecular complexity index is 557. The molecule has 20 heavy (non-hydrogen) atoms. The Labute approximate surface area is 118 Å². The molecule has 1 aliphatic rings. The second-order valence-corrected chi connectivity index (χ2v) is 6.54. The molecule has 1 aliphatic heterocycles. The molecule has 1 atom stereocenters. The van der Waals surface area contributed by atoms with Crippen molar-refractivity contribution in [1.82, 2.24) is 10.0 Å². The lowest BCUT2D eigenvalue weighted by Gasteiger charge is -2.12. The minimum absolute atomic E-state index is 0.0676. The van der Waals surface area contributed by atoms with Gasteiger partial charge in [0, 0.05) is 25.3 Å². The zero-order chi connectivity index (χ0) is 14.6. The molecule has 0 saturated carbocycles. The minimum Gasteiger partial charge on any atom is -0.377 e. The first kappa shape index (κ1) is 15.4. The van der Waals surface area contributed by atoms with Crippen LogP contribution in [0.25, 0.3) is 0 Å². The number of halogens is 1. The predicted molar refractivity (Wildman–Crippen MR) is 73.3 cm³/mol. The first-order chi connectivity index (χ1) is 9.53. The van der Waals surface area contributed by atoms with Crippen LogP contribution < -0.4 is 10.0 Å². The van der Waals surface area contributed by atoms with Crippen molar-refractivity contribution >= 4 is 10.0 Å². The Balaban J connectivity index is 2.09. The highest BCUT2D eigenvalue weighted by Crippen LogP contribution is 2.16. The van der Waals surface area contributed by atoms with Crippen molar-refractivity contribution in [1.29, 1.82) is 0 Å². The van der Waals surface area contributed by atoms with E-state index in [2.05, 4.69) is 10.0 Å². The monoisotopic (exact) mass is 302 g/mol. The van der Waals surface area contributed by atoms with Crippen molar-refractivity contribution in [3.05, 3.63) is 29.6 Å². The third-order valence-electron chi connectivity index (χ3n) is 3.22. The van der Waals surface area contributed by atoms with E-state index in [9.17, 15) is 12.8 Å². The number of nitrogens with one attached hydrogen (secondary N) is 2. The van der Waals surface area contributed by atoms with Gasteiger partial charge in [-0.1, -0.05) is 0 Å². The lowest BCUT2D eigenvalue weighted by Crippen LogP contribution is -2.32. The Hall–Kier alpha value is -1.02. The standard InChI is InChI=1S/C13H19FN2O3S/c1-15-8-10-7-12(4-5-13(10)14)20(17,18)16-9-11-3-2-6-19-11/h4-5,7,11,15-16H,2-3,6,8-9H2,1H3. The smallest absolute Gasteiger partial charge is 0.240 e. The van der Waals surface area contributed by atoms with Crippen LogP contribution in [-0.2, 0) is 21.3 Å². The molecule has 1 aromatic rings. The van der Waals surface area contributed by atoms with Gasteiger partial charge in [-0.25, -0.2) is 17.5 Å². The Morgan fingerprint density at radius 3 is 2.90 bits per heavy atom. The number of hydrogen-bond donors (Lipinski definition) is 2. The largest absolute Gasteiger partial charge is 0.377 e. The van der Waals surface area contributed by atoms with E-state index in [1.165, 1.54) is 18.2 Å². The van der Waals surface area contributed by atoms with Gasteiger partial charge in [-0.15, -0.1) is 0 Å². The summed E-state index contributed by atoms with van der Waals surface area (Å²) in [7, 11) is -1.95. The van der Waals surface area contributed by atoms with Gasteiger partial charge in [0.15, 0.2) is 0 Å². The third kappa shape index (κ3) is 3.76. The molecule has 2 N–H and O–H groups in total. The van der Waals surface area contributed by atoms with Crippen LogP contribution in [0.3, 0.4) is 0 Å². The van der Waals surface area contributed by atoms with Gasteiger partial charge in [0.2, 0.25) is 10.0 Å². The van der Waals surface area contributed by atoms with Crippen molar-refractivity contribution in [2.24, 2.45) is 0 Å². The third-order valence-corrected chi connectivity index (χ3v) is 4.64. The fraction of sp³-hybridized carbons (Fsp3) is 0.538. The molecule has 0 radical (unpaired) electrons. The van der Waals surface area contributed by atoms with Crippen LogP contribution >= 0.6 is 0 Å². The van der Waals surface area contributed by atoms with E-state index in [1.807, 2.05) is 0 Å². The lowest BCUT2D eigenvalue weighted by atomic mass is 10.2. The summed E-state index contributed by atoms with van der Waals surface area (Å²) >= 11 is 0. The van der Waals surface area contributed by atoms with E-state index >= 15 is 0 Å². The van der Waals surface area contributed by atoms with Gasteiger partial charge in [0.1, 0.15) is 5.82 Å². The summed E-state index contributed by atoms with van der Waals surface area (Å²) in [4.78, 5) is 0.0714. The zero-order valence-corrected chi connectivity index (χ0v) is 12.2. The Kier molecular flexibility index (Phi) is 5.09. The second kappa shape index (κ2) is 6.62. The molecule has 1 saturated heterocycles. The number of benzene rings is 1. The summed E-state index contributed by atoms with van der Waals surface area (Å²) in [6.45, 7) is 1.21. The minimum atomic E-state index is -3.63. The van der Waals surface area contributed by atoms with E-state index in [1.54, 1.807) is 7.05 Å². The topological polar surface area (TPSA) is 67.4 Å². The molecule has 1 unspecified atom stereocenters. The van der Waals surface area contributed by atoms with Crippen molar-refractivity contribution in [3.8, 4) is 0 Å². The average Bonchev–Trinajstić information content (AvgIpc) is 2.92. The molecule has 2 rings (SSSR count). The van der Waals surface area contributed by atoms with Gasteiger partial charge in [0.05, 0.1) is 11.0 Å². The predicted octanol–water partition coefficient (Wildman–Crippen LogP) is 1.00. The number of hydrogen-bond acceptors (Lipinski definition) is 4. The van der Waals surface area contributed by atoms with Crippen LogP contribution in [0.5, 0.6) is 0 Å². The van der Waals surface area contributed by atoms with E-state index in [4.69, 9.17) is 4.74 Å². The molecule has 1 fully saturated rings. The molecule has 1 heterocycles. The van der Waals surface area contributed by atoms with E-state index < -0.39 is 15.8 Å². The molecule has 0 aliphatic carbocycles. The summed E-state index contributed by atoms with van der Waals surface area (Å²) < 4.78 is 45.7. The number of ether oxygens (including phenoxy) is 1. The molecule has 0 spiro atoms. The second-order valence-electron chi connectivity index (χ2n) is 4.77. The first-order valence-corrected chi connectivity index (χ1v) is 8.05. The van der Waals surface area contributed by atoms with E-state index in [0.29, 0.717) is 12.2 Å². The quantitative estimate of drug-likeness (QED) is 0.823. The lowest BCUT2D eigenvalue weighted by molar-refractivity contribution is 0.114. The van der Waals surface area contributed by atoms with Gasteiger partial charge in [-0.2, -0.15) is 0 Å². The van der Waals surface area contributed by atoms with Crippen LogP contribution in [0.1, 0.15) is 18.4 Å². The normalized spacial score (nSPS) is 19.4. The molecule has 5 nitrogen and oxygen atoms in total. The fourth-order valence-electron chi connectivity index (χ4n) is 2.14. The zero-order valence-electron chi connectivity index (χ0n) is 11.4. The van der Waals surface area contributed by atoms with Gasteiger partial charge in [-0.05, 0) is 38.1 Å². The highest BCUT2D eigenvalue weighted by molar-refractivity contribution is 7.89. The van der Waals surface area contributed by atoms with Gasteiger partial charge in [0.25, 0.3) is 0 Å². The average molecular weight is 302 g/mol. The van der Waals surface area contributed by atoms with Crippen LogP contribution in [0, 0.1) is 5.82 Å². The SMILES string of the molecule is CNCc1cc(S(=O)(=O)NCC2CCCO2)ccc1F. The summed E-state index contributed by atoms with van der Waals surface area (Å²) in [5.74, 6) is -0.419. The van der Waals surface area contributed by atoms with Crippen molar-refractivity contribution in [3.63, 3.8) is 0 Å². The Morgan fingerprint density at radius 2 is 2.25 bits per heavy atom. The molecule has 0 aromatic heterocycles. The van der Waals surface area contributed by atoms with Gasteiger partial charge in [-0.3, -0.25) is 0 Å². The van der Waals surface area contributed by atoms with Gasteiger partial charge < -0.3 is 10.1 Å².